The summed E-state index contributed by atoms with van der Waals surface area (Å²) in [6.45, 7) is 1.77. The molecule has 1 aromatic rings. The van der Waals surface area contributed by atoms with E-state index >= 15 is 0 Å². The van der Waals surface area contributed by atoms with Gasteiger partial charge in [-0.3, -0.25) is 0 Å². The van der Waals surface area contributed by atoms with Crippen molar-refractivity contribution in [3.63, 3.8) is 0 Å². The minimum Gasteiger partial charge on any atom is -0.478 e. The molecule has 0 fully saturated rings. The lowest BCUT2D eigenvalue weighted by Gasteiger charge is -2.11. The average molecular weight is 317 g/mol. The standard InChI is InChI=1S/C8H7F3INO/c1-2-14-7-6(8(9,10)11)3-5(12)4-13-7/h3-4H,2H2,1H3. The highest BCUT2D eigenvalue weighted by Gasteiger charge is 2.35. The molecule has 0 aliphatic heterocycles. The molecule has 0 saturated heterocycles. The largest absolute Gasteiger partial charge is 0.478 e. The Morgan fingerprint density at radius 1 is 1.50 bits per heavy atom. The predicted molar refractivity (Wildman–Crippen MR) is 53.1 cm³/mol. The van der Waals surface area contributed by atoms with Gasteiger partial charge >= 0.3 is 6.18 Å². The predicted octanol–water partition coefficient (Wildman–Crippen LogP) is 3.10. The van der Waals surface area contributed by atoms with Gasteiger partial charge in [0.05, 0.1) is 6.61 Å². The summed E-state index contributed by atoms with van der Waals surface area (Å²) < 4.78 is 42.5. The quantitative estimate of drug-likeness (QED) is 0.782. The third-order valence-electron chi connectivity index (χ3n) is 1.40. The van der Waals surface area contributed by atoms with Gasteiger partial charge in [0.25, 0.3) is 0 Å². The van der Waals surface area contributed by atoms with Crippen LogP contribution in [0.1, 0.15) is 12.5 Å². The van der Waals surface area contributed by atoms with Crippen LogP contribution in [-0.4, -0.2) is 11.6 Å². The van der Waals surface area contributed by atoms with Crippen molar-refractivity contribution in [2.45, 2.75) is 13.1 Å². The zero-order valence-corrected chi connectivity index (χ0v) is 9.39. The van der Waals surface area contributed by atoms with Crippen molar-refractivity contribution in [2.24, 2.45) is 0 Å². The van der Waals surface area contributed by atoms with E-state index in [1.807, 2.05) is 0 Å². The van der Waals surface area contributed by atoms with E-state index in [4.69, 9.17) is 4.74 Å². The number of hydrogen-bond acceptors (Lipinski definition) is 2. The first kappa shape index (κ1) is 11.5. The number of aromatic nitrogens is 1. The molecule has 0 saturated carbocycles. The lowest BCUT2D eigenvalue weighted by atomic mass is 10.2. The Kier molecular flexibility index (Phi) is 3.57. The summed E-state index contributed by atoms with van der Waals surface area (Å²) >= 11 is 1.77. The second-order valence-electron chi connectivity index (χ2n) is 2.44. The molecule has 0 radical (unpaired) electrons. The second-order valence-corrected chi connectivity index (χ2v) is 3.68. The molecule has 0 aliphatic carbocycles. The molecule has 0 atom stereocenters. The van der Waals surface area contributed by atoms with Gasteiger partial charge in [0.2, 0.25) is 5.88 Å². The Labute approximate surface area is 92.6 Å². The highest BCUT2D eigenvalue weighted by Crippen LogP contribution is 2.35. The summed E-state index contributed by atoms with van der Waals surface area (Å²) in [7, 11) is 0. The summed E-state index contributed by atoms with van der Waals surface area (Å²) in [5.41, 5.74) is -0.828. The second kappa shape index (κ2) is 4.33. The van der Waals surface area contributed by atoms with Crippen molar-refractivity contribution >= 4 is 22.6 Å². The molecule has 78 valence electrons. The van der Waals surface area contributed by atoms with Gasteiger partial charge in [0.15, 0.2) is 0 Å². The fraction of sp³-hybridized carbons (Fsp3) is 0.375. The number of alkyl halides is 3. The highest BCUT2D eigenvalue weighted by atomic mass is 127. The summed E-state index contributed by atoms with van der Waals surface area (Å²) in [5, 5.41) is 0. The molecule has 1 heterocycles. The van der Waals surface area contributed by atoms with Crippen molar-refractivity contribution in [3.05, 3.63) is 21.4 Å². The van der Waals surface area contributed by atoms with E-state index in [1.165, 1.54) is 6.20 Å². The van der Waals surface area contributed by atoms with Gasteiger partial charge in [0.1, 0.15) is 5.56 Å². The van der Waals surface area contributed by atoms with Gasteiger partial charge in [-0.05, 0) is 35.6 Å². The number of hydrogen-bond donors (Lipinski definition) is 0. The maximum absolute atomic E-state index is 12.4. The van der Waals surface area contributed by atoms with Crippen LogP contribution in [0.25, 0.3) is 0 Å². The Morgan fingerprint density at radius 2 is 2.14 bits per heavy atom. The first-order valence-electron chi connectivity index (χ1n) is 3.80. The number of rotatable bonds is 2. The van der Waals surface area contributed by atoms with Crippen LogP contribution in [0.4, 0.5) is 13.2 Å². The average Bonchev–Trinajstić information content (AvgIpc) is 2.07. The molecule has 0 spiro atoms. The molecule has 0 unspecified atom stereocenters. The molecule has 14 heavy (non-hydrogen) atoms. The van der Waals surface area contributed by atoms with E-state index in [-0.39, 0.29) is 12.5 Å². The SMILES string of the molecule is CCOc1ncc(I)cc1C(F)(F)F. The molecule has 0 aromatic carbocycles. The van der Waals surface area contributed by atoms with Crippen molar-refractivity contribution < 1.29 is 17.9 Å². The van der Waals surface area contributed by atoms with E-state index in [1.54, 1.807) is 29.5 Å². The van der Waals surface area contributed by atoms with Gasteiger partial charge in [-0.15, -0.1) is 0 Å². The normalized spacial score (nSPS) is 11.5. The van der Waals surface area contributed by atoms with Crippen LogP contribution in [0.5, 0.6) is 5.88 Å². The summed E-state index contributed by atoms with van der Waals surface area (Å²) in [4.78, 5) is 3.58. The molecule has 1 rings (SSSR count). The fourth-order valence-electron chi connectivity index (χ4n) is 0.882. The van der Waals surface area contributed by atoms with Gasteiger partial charge < -0.3 is 4.74 Å². The van der Waals surface area contributed by atoms with Gasteiger partial charge in [0, 0.05) is 9.77 Å². The van der Waals surface area contributed by atoms with Gasteiger partial charge in [-0.1, -0.05) is 0 Å². The molecule has 0 aliphatic rings. The van der Waals surface area contributed by atoms with Crippen LogP contribution in [-0.2, 0) is 6.18 Å². The first-order valence-corrected chi connectivity index (χ1v) is 4.88. The maximum Gasteiger partial charge on any atom is 0.421 e. The van der Waals surface area contributed by atoms with Crippen LogP contribution in [0.15, 0.2) is 12.3 Å². The summed E-state index contributed by atoms with van der Waals surface area (Å²) in [6.07, 6.45) is -3.08. The number of nitrogens with zero attached hydrogens (tertiary/aromatic N) is 1. The zero-order valence-electron chi connectivity index (χ0n) is 7.23. The van der Waals surface area contributed by atoms with E-state index in [0.717, 1.165) is 6.07 Å². The highest BCUT2D eigenvalue weighted by molar-refractivity contribution is 14.1. The van der Waals surface area contributed by atoms with Crippen molar-refractivity contribution in [1.82, 2.24) is 4.98 Å². The third kappa shape index (κ3) is 2.73. The first-order chi connectivity index (χ1) is 6.45. The summed E-state index contributed by atoms with van der Waals surface area (Å²) in [5.74, 6) is -0.361. The molecule has 0 amide bonds. The van der Waals surface area contributed by atoms with E-state index in [2.05, 4.69) is 4.98 Å². The molecule has 0 bridgehead atoms. The molecular weight excluding hydrogens is 310 g/mol. The minimum absolute atomic E-state index is 0.163. The molecule has 1 aromatic heterocycles. The fourth-order valence-corrected chi connectivity index (χ4v) is 1.33. The Hall–Kier alpha value is -0.530. The van der Waals surface area contributed by atoms with Crippen LogP contribution in [0, 0.1) is 3.57 Å². The smallest absolute Gasteiger partial charge is 0.421 e. The molecule has 6 heteroatoms. The third-order valence-corrected chi connectivity index (χ3v) is 1.99. The van der Waals surface area contributed by atoms with Crippen molar-refractivity contribution in [2.75, 3.05) is 6.61 Å². The lowest BCUT2D eigenvalue weighted by Crippen LogP contribution is -2.10. The van der Waals surface area contributed by atoms with E-state index < -0.39 is 11.7 Å². The Balaban J connectivity index is 3.16. The topological polar surface area (TPSA) is 22.1 Å². The number of ether oxygens (including phenoxy) is 1. The van der Waals surface area contributed by atoms with E-state index in [0.29, 0.717) is 3.57 Å². The Morgan fingerprint density at radius 3 is 2.64 bits per heavy atom. The lowest BCUT2D eigenvalue weighted by molar-refractivity contribution is -0.139. The molecule has 0 N–H and O–H groups in total. The van der Waals surface area contributed by atoms with Gasteiger partial charge in [-0.2, -0.15) is 13.2 Å². The number of pyridine rings is 1. The van der Waals surface area contributed by atoms with Crippen LogP contribution in [0.3, 0.4) is 0 Å². The Bertz CT molecular complexity index is 327. The number of halogens is 4. The van der Waals surface area contributed by atoms with Crippen molar-refractivity contribution in [3.8, 4) is 5.88 Å². The summed E-state index contributed by atoms with van der Waals surface area (Å²) in [6, 6.07) is 1.01. The van der Waals surface area contributed by atoms with Gasteiger partial charge in [-0.25, -0.2) is 4.98 Å². The van der Waals surface area contributed by atoms with Crippen LogP contribution >= 0.6 is 22.6 Å². The minimum atomic E-state index is -4.42. The molecular formula is C8H7F3INO. The monoisotopic (exact) mass is 317 g/mol. The van der Waals surface area contributed by atoms with Crippen LogP contribution < -0.4 is 4.74 Å². The molecule has 2 nitrogen and oxygen atoms in total. The van der Waals surface area contributed by atoms with E-state index in [9.17, 15) is 13.2 Å². The van der Waals surface area contributed by atoms with Crippen LogP contribution in [0.2, 0.25) is 0 Å². The zero-order chi connectivity index (χ0) is 10.8. The van der Waals surface area contributed by atoms with Crippen molar-refractivity contribution in [1.29, 1.82) is 0 Å². The maximum atomic E-state index is 12.4.